The van der Waals surface area contributed by atoms with Crippen molar-refractivity contribution in [1.82, 2.24) is 10.3 Å². The Morgan fingerprint density at radius 3 is 2.68 bits per heavy atom. The van der Waals surface area contributed by atoms with E-state index in [1.165, 1.54) is 6.34 Å². The van der Waals surface area contributed by atoms with Crippen LogP contribution >= 0.6 is 0 Å². The minimum absolute atomic E-state index is 0.0446. The fourth-order valence-corrected chi connectivity index (χ4v) is 4.03. The third-order valence-corrected chi connectivity index (χ3v) is 6.18. The highest BCUT2D eigenvalue weighted by atomic mass is 16.3. The lowest BCUT2D eigenvalue weighted by atomic mass is 10.0. The molecule has 11 heteroatoms. The molecule has 2 unspecified atom stereocenters. The van der Waals surface area contributed by atoms with Gasteiger partial charge in [0.05, 0.1) is 36.8 Å². The number of aryl methyl sites for hydroxylation is 1. The number of nitrogens with one attached hydrogen (secondary N) is 3. The highest BCUT2D eigenvalue weighted by molar-refractivity contribution is 6.13. The van der Waals surface area contributed by atoms with Crippen LogP contribution in [0.5, 0.6) is 0 Å². The Morgan fingerprint density at radius 1 is 1.22 bits per heavy atom. The highest BCUT2D eigenvalue weighted by Gasteiger charge is 2.37. The summed E-state index contributed by atoms with van der Waals surface area (Å²) < 4.78 is 0. The van der Waals surface area contributed by atoms with Gasteiger partial charge < -0.3 is 26.2 Å². The monoisotopic (exact) mass is 501 g/mol. The van der Waals surface area contributed by atoms with E-state index in [9.17, 15) is 14.7 Å². The molecule has 4 rings (SSSR count). The van der Waals surface area contributed by atoms with Crippen LogP contribution in [0, 0.1) is 24.2 Å². The maximum atomic E-state index is 12.7. The van der Waals surface area contributed by atoms with Crippen molar-refractivity contribution < 1.29 is 19.8 Å². The summed E-state index contributed by atoms with van der Waals surface area (Å²) in [6.45, 7) is 3.59. The number of hydrogen-bond acceptors (Lipinski definition) is 9. The van der Waals surface area contributed by atoms with Crippen LogP contribution in [-0.2, 0) is 4.79 Å². The van der Waals surface area contributed by atoms with E-state index in [1.54, 1.807) is 41.4 Å². The Balaban J connectivity index is 1.50. The fourth-order valence-electron chi connectivity index (χ4n) is 4.03. The molecule has 0 saturated heterocycles. The summed E-state index contributed by atoms with van der Waals surface area (Å²) in [4.78, 5) is 29.8. The zero-order valence-corrected chi connectivity index (χ0v) is 20.4. The maximum absolute atomic E-state index is 12.7. The average Bonchev–Trinajstić information content (AvgIpc) is 3.26. The van der Waals surface area contributed by atoms with Crippen molar-refractivity contribution in [2.45, 2.75) is 20.0 Å². The molecule has 190 valence electrons. The van der Waals surface area contributed by atoms with E-state index < -0.39 is 18.6 Å². The van der Waals surface area contributed by atoms with Crippen LogP contribution in [0.3, 0.4) is 0 Å². The highest BCUT2D eigenvalue weighted by Crippen LogP contribution is 2.32. The lowest BCUT2D eigenvalue weighted by Gasteiger charge is -2.22. The van der Waals surface area contributed by atoms with Crippen molar-refractivity contribution in [2.24, 2.45) is 16.0 Å². The second-order valence-electron chi connectivity index (χ2n) is 8.75. The van der Waals surface area contributed by atoms with Gasteiger partial charge >= 0.3 is 0 Å². The number of aliphatic hydroxyl groups excluding tert-OH is 2. The van der Waals surface area contributed by atoms with Crippen molar-refractivity contribution in [3.05, 3.63) is 70.4 Å². The number of nitrogens with zero attached hydrogens (tertiary/aromatic N) is 4. The van der Waals surface area contributed by atoms with Crippen LogP contribution in [0.25, 0.3) is 0 Å². The Hall–Kier alpha value is -4.53. The Kier molecular flexibility index (Phi) is 7.62. The van der Waals surface area contributed by atoms with E-state index in [1.807, 2.05) is 26.0 Å². The zero-order chi connectivity index (χ0) is 26.5. The second-order valence-corrected chi connectivity index (χ2v) is 8.75. The number of aliphatic hydroxyl groups is 2. The number of rotatable bonds is 7. The molecule has 0 fully saturated rings. The summed E-state index contributed by atoms with van der Waals surface area (Å²) in [6.07, 6.45) is 0.381. The number of hydrazone groups is 1. The van der Waals surface area contributed by atoms with Gasteiger partial charge in [-0.15, -0.1) is 0 Å². The quantitative estimate of drug-likeness (QED) is 0.384. The van der Waals surface area contributed by atoms with E-state index in [-0.39, 0.29) is 18.4 Å². The van der Waals surface area contributed by atoms with E-state index in [0.717, 1.165) is 11.1 Å². The first-order valence-electron chi connectivity index (χ1n) is 11.7. The Bertz CT molecular complexity index is 1340. The molecule has 2 amide bonds. The van der Waals surface area contributed by atoms with E-state index in [4.69, 9.17) is 10.4 Å². The lowest BCUT2D eigenvalue weighted by molar-refractivity contribution is -0.124. The van der Waals surface area contributed by atoms with Gasteiger partial charge in [0.25, 0.3) is 5.91 Å². The SMILES string of the molecule is CC1=C2C(Nc3cc(NC(=O)c4ccc(C#N)cc4)ccc3C)=NC=NN2CC1C(=O)NCC(O)CO. The van der Waals surface area contributed by atoms with Crippen molar-refractivity contribution >= 4 is 35.4 Å². The first-order chi connectivity index (χ1) is 17.8. The number of carbonyl (C=O) groups excluding carboxylic acids is 2. The average molecular weight is 502 g/mol. The molecule has 2 atom stereocenters. The number of nitriles is 1. The van der Waals surface area contributed by atoms with Gasteiger partial charge in [-0.3, -0.25) is 14.6 Å². The van der Waals surface area contributed by atoms with Gasteiger partial charge in [0.1, 0.15) is 12.0 Å². The largest absolute Gasteiger partial charge is 0.394 e. The summed E-state index contributed by atoms with van der Waals surface area (Å²) in [5.74, 6) is -0.564. The van der Waals surface area contributed by atoms with Crippen LogP contribution in [0.4, 0.5) is 11.4 Å². The molecule has 0 spiro atoms. The van der Waals surface area contributed by atoms with Gasteiger partial charge in [0, 0.05) is 23.5 Å². The number of carbonyl (C=O) groups is 2. The smallest absolute Gasteiger partial charge is 0.255 e. The number of benzene rings is 2. The van der Waals surface area contributed by atoms with Crippen molar-refractivity contribution in [3.63, 3.8) is 0 Å². The van der Waals surface area contributed by atoms with Crippen LogP contribution < -0.4 is 16.0 Å². The van der Waals surface area contributed by atoms with Crippen molar-refractivity contribution in [2.75, 3.05) is 30.3 Å². The number of hydrogen-bond donors (Lipinski definition) is 5. The summed E-state index contributed by atoms with van der Waals surface area (Å²) in [5, 5.41) is 42.3. The van der Waals surface area contributed by atoms with Crippen LogP contribution in [0.2, 0.25) is 0 Å². The number of aliphatic imine (C=N–C) groups is 1. The van der Waals surface area contributed by atoms with Crippen molar-refractivity contribution in [3.8, 4) is 6.07 Å². The topological polar surface area (TPSA) is 162 Å². The summed E-state index contributed by atoms with van der Waals surface area (Å²) in [7, 11) is 0. The Morgan fingerprint density at radius 2 is 1.97 bits per heavy atom. The van der Waals surface area contributed by atoms with Gasteiger partial charge in [-0.1, -0.05) is 6.07 Å². The van der Waals surface area contributed by atoms with E-state index in [2.05, 4.69) is 26.0 Å². The molecule has 0 aliphatic carbocycles. The number of amidine groups is 1. The molecule has 2 aromatic carbocycles. The molecule has 0 saturated carbocycles. The number of amides is 2. The molecule has 2 aromatic rings. The van der Waals surface area contributed by atoms with Gasteiger partial charge in [0.2, 0.25) is 5.91 Å². The first-order valence-corrected chi connectivity index (χ1v) is 11.7. The maximum Gasteiger partial charge on any atom is 0.255 e. The predicted molar refractivity (Wildman–Crippen MR) is 139 cm³/mol. The standard InChI is InChI=1S/C26H27N7O4/c1-15-3-8-19(31-25(36)18-6-4-17(10-27)5-7-18)9-22(15)32-24-23-16(2)21(12-33(23)30-14-29-24)26(37)28-11-20(35)13-34/h3-9,14,20-21,34-35H,11-13H2,1-2H3,(H,28,37)(H,31,36)(H,29,30,32). The molecule has 0 bridgehead atoms. The molecule has 37 heavy (non-hydrogen) atoms. The molecular formula is C26H27N7O4. The molecule has 2 aliphatic heterocycles. The first kappa shape index (κ1) is 25.6. The van der Waals surface area contributed by atoms with Crippen LogP contribution in [0.15, 0.2) is 63.8 Å². The van der Waals surface area contributed by atoms with Gasteiger partial charge in [0.15, 0.2) is 5.84 Å². The predicted octanol–water partition coefficient (Wildman–Crippen LogP) is 1.56. The summed E-state index contributed by atoms with van der Waals surface area (Å²) in [6, 6.07) is 13.8. The summed E-state index contributed by atoms with van der Waals surface area (Å²) >= 11 is 0. The third-order valence-electron chi connectivity index (χ3n) is 6.18. The lowest BCUT2D eigenvalue weighted by Crippen LogP contribution is -2.39. The second kappa shape index (κ2) is 11.0. The van der Waals surface area contributed by atoms with Crippen molar-refractivity contribution in [1.29, 1.82) is 5.26 Å². The van der Waals surface area contributed by atoms with E-state index in [0.29, 0.717) is 40.6 Å². The van der Waals surface area contributed by atoms with E-state index >= 15 is 0 Å². The van der Waals surface area contributed by atoms with Crippen LogP contribution in [-0.4, -0.2) is 65.0 Å². The minimum Gasteiger partial charge on any atom is -0.394 e. The molecule has 0 aromatic heterocycles. The molecule has 0 radical (unpaired) electrons. The zero-order valence-electron chi connectivity index (χ0n) is 20.4. The number of fused-ring (bicyclic) bond motifs is 1. The molecule has 5 N–H and O–H groups in total. The molecule has 2 heterocycles. The van der Waals surface area contributed by atoms with Gasteiger partial charge in [-0.2, -0.15) is 10.4 Å². The Labute approximate surface area is 213 Å². The van der Waals surface area contributed by atoms with Gasteiger partial charge in [-0.05, 0) is 61.4 Å². The van der Waals surface area contributed by atoms with Crippen LogP contribution in [0.1, 0.15) is 28.4 Å². The molecule has 2 aliphatic rings. The molecular weight excluding hydrogens is 474 g/mol. The molecule has 11 nitrogen and oxygen atoms in total. The normalized spacial score (nSPS) is 17.0. The fraction of sp³-hybridized carbons (Fsp3) is 0.269. The third kappa shape index (κ3) is 5.66. The minimum atomic E-state index is -1.02. The van der Waals surface area contributed by atoms with Gasteiger partial charge in [-0.25, -0.2) is 4.99 Å². The summed E-state index contributed by atoms with van der Waals surface area (Å²) in [5.41, 5.74) is 4.55. The number of anilines is 2.